The molecule has 0 radical (unpaired) electrons. The first-order valence-corrected chi connectivity index (χ1v) is 11.4. The second-order valence-corrected chi connectivity index (χ2v) is 8.45. The number of nitrogens with zero attached hydrogens (tertiary/aromatic N) is 5. The van der Waals surface area contributed by atoms with Crippen molar-refractivity contribution in [3.8, 4) is 23.1 Å². The molecule has 1 unspecified atom stereocenters. The van der Waals surface area contributed by atoms with E-state index in [9.17, 15) is 9.59 Å². The molecule has 1 fully saturated rings. The van der Waals surface area contributed by atoms with E-state index in [4.69, 9.17) is 4.98 Å². The van der Waals surface area contributed by atoms with Crippen LogP contribution in [0.25, 0.3) is 16.8 Å². The van der Waals surface area contributed by atoms with Crippen LogP contribution in [0.1, 0.15) is 41.1 Å². The minimum Gasteiger partial charge on any atom is -0.331 e. The van der Waals surface area contributed by atoms with Gasteiger partial charge in [-0.05, 0) is 50.5 Å². The zero-order valence-electron chi connectivity index (χ0n) is 19.5. The number of anilines is 1. The molecule has 8 nitrogen and oxygen atoms in total. The number of amides is 2. The molecular weight excluding hydrogens is 440 g/mol. The molecular formula is C27H24N6O2. The number of carbonyl (C=O) groups excluding carboxylic acids is 2. The number of imidazole rings is 1. The topological polar surface area (TPSA) is 92.5 Å². The number of pyridine rings is 1. The third-order valence-electron chi connectivity index (χ3n) is 6.15. The lowest BCUT2D eigenvalue weighted by Crippen LogP contribution is -2.27. The summed E-state index contributed by atoms with van der Waals surface area (Å²) >= 11 is 0. The van der Waals surface area contributed by atoms with Crippen molar-refractivity contribution in [1.82, 2.24) is 24.3 Å². The van der Waals surface area contributed by atoms with Gasteiger partial charge in [-0.15, -0.1) is 0 Å². The van der Waals surface area contributed by atoms with E-state index in [1.807, 2.05) is 31.3 Å². The van der Waals surface area contributed by atoms with E-state index in [0.717, 1.165) is 34.7 Å². The van der Waals surface area contributed by atoms with Crippen LogP contribution in [0.5, 0.6) is 0 Å². The molecule has 1 N–H and O–H groups in total. The number of hydrogen-bond acceptors (Lipinski definition) is 5. The Balaban J connectivity index is 1.45. The fourth-order valence-corrected chi connectivity index (χ4v) is 4.45. The highest BCUT2D eigenvalue weighted by Crippen LogP contribution is 2.33. The minimum absolute atomic E-state index is 0.100. The van der Waals surface area contributed by atoms with Gasteiger partial charge in [0.05, 0.1) is 17.4 Å². The Morgan fingerprint density at radius 1 is 1.11 bits per heavy atom. The maximum absolute atomic E-state index is 12.6. The summed E-state index contributed by atoms with van der Waals surface area (Å²) in [5.74, 6) is 6.46. The van der Waals surface area contributed by atoms with Crippen LogP contribution in [0.3, 0.4) is 0 Å². The van der Waals surface area contributed by atoms with Gasteiger partial charge in [0.25, 0.3) is 11.8 Å². The molecule has 0 saturated carbocycles. The molecule has 8 heteroatoms. The van der Waals surface area contributed by atoms with Crippen LogP contribution in [-0.4, -0.2) is 49.2 Å². The Kier molecular flexibility index (Phi) is 5.98. The molecule has 1 aromatic carbocycles. The van der Waals surface area contributed by atoms with Gasteiger partial charge in [0, 0.05) is 48.2 Å². The van der Waals surface area contributed by atoms with Crippen molar-refractivity contribution in [2.24, 2.45) is 0 Å². The minimum atomic E-state index is -0.228. The predicted molar refractivity (Wildman–Crippen MR) is 133 cm³/mol. The third kappa shape index (κ3) is 4.36. The molecule has 4 heterocycles. The molecule has 1 aliphatic rings. The Morgan fingerprint density at radius 2 is 1.94 bits per heavy atom. The van der Waals surface area contributed by atoms with Crippen molar-refractivity contribution in [3.63, 3.8) is 0 Å². The van der Waals surface area contributed by atoms with Gasteiger partial charge in [0.2, 0.25) is 0 Å². The molecule has 0 bridgehead atoms. The maximum Gasteiger partial charge on any atom is 0.298 e. The average molecular weight is 465 g/mol. The summed E-state index contributed by atoms with van der Waals surface area (Å²) in [7, 11) is 0. The maximum atomic E-state index is 12.6. The highest BCUT2D eigenvalue weighted by Gasteiger charge is 2.31. The monoisotopic (exact) mass is 464 g/mol. The molecule has 35 heavy (non-hydrogen) atoms. The summed E-state index contributed by atoms with van der Waals surface area (Å²) in [6, 6.07) is 12.7. The highest BCUT2D eigenvalue weighted by atomic mass is 16.2. The first kappa shape index (κ1) is 22.3. The zero-order chi connectivity index (χ0) is 24.4. The standard InChI is InChI=1S/C27H24N6O2/c1-3-6-24(34)32-14-12-21(17-32)26-31-25(22-16-28-15-18(2)33(22)26)19-8-10-20(11-9-19)27(35)30-23-7-4-5-13-29-23/h4-5,7-11,13,15-16,21H,12,14,17H2,1-2H3,(H,29,30,35). The van der Waals surface area contributed by atoms with Gasteiger partial charge in [-0.3, -0.25) is 19.0 Å². The Morgan fingerprint density at radius 3 is 2.69 bits per heavy atom. The van der Waals surface area contributed by atoms with Crippen molar-refractivity contribution in [1.29, 1.82) is 0 Å². The number of aromatic nitrogens is 4. The molecule has 2 amide bonds. The number of nitrogens with one attached hydrogen (secondary N) is 1. The number of benzene rings is 1. The molecule has 1 atom stereocenters. The van der Waals surface area contributed by atoms with Crippen molar-refractivity contribution >= 4 is 23.1 Å². The number of carbonyl (C=O) groups is 2. The van der Waals surface area contributed by atoms with E-state index >= 15 is 0 Å². The summed E-state index contributed by atoms with van der Waals surface area (Å²) in [4.78, 5) is 40.2. The summed E-state index contributed by atoms with van der Waals surface area (Å²) in [5, 5.41) is 2.80. The van der Waals surface area contributed by atoms with E-state index in [2.05, 4.69) is 31.5 Å². The molecule has 1 saturated heterocycles. The number of likely N-dealkylation sites (tertiary alicyclic amines) is 1. The largest absolute Gasteiger partial charge is 0.331 e. The van der Waals surface area contributed by atoms with E-state index < -0.39 is 0 Å². The summed E-state index contributed by atoms with van der Waals surface area (Å²) in [6.07, 6.45) is 6.07. The molecule has 5 rings (SSSR count). The van der Waals surface area contributed by atoms with Crippen LogP contribution in [0, 0.1) is 18.8 Å². The molecule has 0 spiro atoms. The van der Waals surface area contributed by atoms with Gasteiger partial charge in [0.1, 0.15) is 11.6 Å². The fourth-order valence-electron chi connectivity index (χ4n) is 4.45. The number of hydrogen-bond donors (Lipinski definition) is 1. The summed E-state index contributed by atoms with van der Waals surface area (Å²) in [6.45, 7) is 4.91. The molecule has 174 valence electrons. The third-order valence-corrected chi connectivity index (χ3v) is 6.15. The normalized spacial score (nSPS) is 15.0. The van der Waals surface area contributed by atoms with Gasteiger partial charge >= 0.3 is 0 Å². The van der Waals surface area contributed by atoms with Crippen molar-refractivity contribution in [2.45, 2.75) is 26.2 Å². The Labute approximate surface area is 203 Å². The fraction of sp³-hybridized carbons (Fsp3) is 0.222. The molecule has 4 aromatic rings. The predicted octanol–water partition coefficient (Wildman–Crippen LogP) is 3.69. The van der Waals surface area contributed by atoms with Crippen LogP contribution in [-0.2, 0) is 4.79 Å². The quantitative estimate of drug-likeness (QED) is 0.465. The second-order valence-electron chi connectivity index (χ2n) is 8.45. The lowest BCUT2D eigenvalue weighted by atomic mass is 10.1. The van der Waals surface area contributed by atoms with Crippen LogP contribution >= 0.6 is 0 Å². The Bertz CT molecular complexity index is 1460. The van der Waals surface area contributed by atoms with Crippen LogP contribution in [0.4, 0.5) is 5.82 Å². The lowest BCUT2D eigenvalue weighted by Gasteiger charge is -2.13. The smallest absolute Gasteiger partial charge is 0.298 e. The van der Waals surface area contributed by atoms with Crippen molar-refractivity contribution < 1.29 is 9.59 Å². The van der Waals surface area contributed by atoms with E-state index in [-0.39, 0.29) is 17.7 Å². The van der Waals surface area contributed by atoms with Gasteiger partial charge in [-0.25, -0.2) is 9.97 Å². The number of rotatable bonds is 4. The second kappa shape index (κ2) is 9.39. The molecule has 3 aromatic heterocycles. The lowest BCUT2D eigenvalue weighted by molar-refractivity contribution is -0.124. The number of aryl methyl sites for hydroxylation is 1. The highest BCUT2D eigenvalue weighted by molar-refractivity contribution is 6.04. The van der Waals surface area contributed by atoms with Gasteiger partial charge in [-0.1, -0.05) is 24.1 Å². The number of fused-ring (bicyclic) bond motifs is 1. The first-order valence-electron chi connectivity index (χ1n) is 11.4. The zero-order valence-corrected chi connectivity index (χ0v) is 19.5. The SMILES string of the molecule is CC#CC(=O)N1CCC(c2nc(-c3ccc(C(=O)Nc4ccccn4)cc3)c3cncc(C)n23)C1. The van der Waals surface area contributed by atoms with Crippen LogP contribution in [0.15, 0.2) is 61.1 Å². The first-order chi connectivity index (χ1) is 17.0. The van der Waals surface area contributed by atoms with Gasteiger partial charge < -0.3 is 10.2 Å². The van der Waals surface area contributed by atoms with E-state index in [0.29, 0.717) is 24.5 Å². The summed E-state index contributed by atoms with van der Waals surface area (Å²) < 4.78 is 2.12. The summed E-state index contributed by atoms with van der Waals surface area (Å²) in [5.41, 5.74) is 4.08. The van der Waals surface area contributed by atoms with E-state index in [1.54, 1.807) is 48.5 Å². The van der Waals surface area contributed by atoms with Crippen LogP contribution < -0.4 is 5.32 Å². The van der Waals surface area contributed by atoms with Gasteiger partial charge in [0.15, 0.2) is 0 Å². The Hall–Kier alpha value is -4.51. The van der Waals surface area contributed by atoms with Crippen molar-refractivity contribution in [2.75, 3.05) is 18.4 Å². The van der Waals surface area contributed by atoms with E-state index in [1.165, 1.54) is 0 Å². The molecule has 1 aliphatic heterocycles. The van der Waals surface area contributed by atoms with Crippen LogP contribution in [0.2, 0.25) is 0 Å². The van der Waals surface area contributed by atoms with Crippen molar-refractivity contribution in [3.05, 3.63) is 78.1 Å². The van der Waals surface area contributed by atoms with Gasteiger partial charge in [-0.2, -0.15) is 0 Å². The average Bonchev–Trinajstić information content (AvgIpc) is 3.51. The molecule has 0 aliphatic carbocycles.